The first-order valence-electron chi connectivity index (χ1n) is 8.70. The lowest BCUT2D eigenvalue weighted by Crippen LogP contribution is -2.47. The highest BCUT2D eigenvalue weighted by Crippen LogP contribution is 2.38. The molecular weight excluding hydrogens is 292 g/mol. The molecule has 22 heavy (non-hydrogen) atoms. The van der Waals surface area contributed by atoms with Gasteiger partial charge in [-0.15, -0.1) is 0 Å². The number of ether oxygens (including phenoxy) is 1. The number of aromatic nitrogens is 1. The van der Waals surface area contributed by atoms with Crippen molar-refractivity contribution in [3.05, 3.63) is 22.5 Å². The summed E-state index contributed by atoms with van der Waals surface area (Å²) in [6.07, 6.45) is 3.51. The van der Waals surface area contributed by atoms with Gasteiger partial charge in [-0.25, -0.2) is 0 Å². The summed E-state index contributed by atoms with van der Waals surface area (Å²) in [5, 5.41) is 0. The summed E-state index contributed by atoms with van der Waals surface area (Å²) in [5.41, 5.74) is 5.57. The van der Waals surface area contributed by atoms with Crippen molar-refractivity contribution in [1.82, 2.24) is 9.88 Å². The third kappa shape index (κ3) is 2.89. The minimum atomic E-state index is 0.554. The van der Waals surface area contributed by atoms with Gasteiger partial charge in [0.1, 0.15) is 0 Å². The Morgan fingerprint density at radius 3 is 2.91 bits per heavy atom. The molecule has 1 aromatic heterocycles. The molecule has 0 unspecified atom stereocenters. The van der Waals surface area contributed by atoms with Crippen LogP contribution in [0.15, 0.2) is 0 Å². The largest absolute Gasteiger partial charge is 0.380 e. The van der Waals surface area contributed by atoms with E-state index in [0.29, 0.717) is 5.92 Å². The number of nitrogens with zero attached hydrogens (tertiary/aromatic N) is 1. The predicted molar refractivity (Wildman–Crippen MR) is 94.8 cm³/mol. The quantitative estimate of drug-likeness (QED) is 0.667. The Bertz CT molecular complexity index is 552. The number of aryl methyl sites for hydroxylation is 1. The van der Waals surface area contributed by atoms with Crippen LogP contribution in [0, 0.1) is 18.8 Å². The van der Waals surface area contributed by atoms with Crippen LogP contribution in [0.1, 0.15) is 42.8 Å². The van der Waals surface area contributed by atoms with Gasteiger partial charge in [0.15, 0.2) is 0 Å². The summed E-state index contributed by atoms with van der Waals surface area (Å²) in [6.45, 7) is 11.5. The number of aromatic amines is 1. The smallest absolute Gasteiger partial charge is 0.0593 e. The average Bonchev–Trinajstić information content (AvgIpc) is 2.83. The lowest BCUT2D eigenvalue weighted by atomic mass is 9.73. The van der Waals surface area contributed by atoms with Gasteiger partial charge in [0, 0.05) is 47.4 Å². The summed E-state index contributed by atoms with van der Waals surface area (Å²) in [5.74, 6) is 1.28. The van der Waals surface area contributed by atoms with Crippen LogP contribution in [0.4, 0.5) is 0 Å². The van der Waals surface area contributed by atoms with E-state index in [1.54, 1.807) is 0 Å². The van der Waals surface area contributed by atoms with Crippen molar-refractivity contribution in [3.8, 4) is 0 Å². The van der Waals surface area contributed by atoms with Crippen LogP contribution in [-0.4, -0.2) is 47.6 Å². The fourth-order valence-corrected chi connectivity index (χ4v) is 4.74. The molecule has 1 fully saturated rings. The Morgan fingerprint density at radius 1 is 1.36 bits per heavy atom. The summed E-state index contributed by atoms with van der Waals surface area (Å²) < 4.78 is 5.52. The highest BCUT2D eigenvalue weighted by atomic mass is 32.1. The number of fused-ring (bicyclic) bond motifs is 2. The Balaban J connectivity index is 1.76. The number of H-pyrrole nitrogens is 1. The van der Waals surface area contributed by atoms with E-state index in [1.807, 2.05) is 0 Å². The van der Waals surface area contributed by atoms with Gasteiger partial charge in [0.05, 0.1) is 6.61 Å². The van der Waals surface area contributed by atoms with E-state index in [9.17, 15) is 0 Å². The summed E-state index contributed by atoms with van der Waals surface area (Å²) in [7, 11) is 0. The standard InChI is InChI=1S/C18H28N2OS/c1-4-14-12(3)19-16-10-13-6-7-20(8-9-21-5-2)11-15(13)18(22)17(14)16/h13,15,19H,4-11H2,1-3H3/t13-,15+/m0/s1. The zero-order valence-corrected chi connectivity index (χ0v) is 14.9. The van der Waals surface area contributed by atoms with Crippen LogP contribution in [0.2, 0.25) is 0 Å². The van der Waals surface area contributed by atoms with Crippen molar-refractivity contribution in [3.63, 3.8) is 0 Å². The van der Waals surface area contributed by atoms with Crippen molar-refractivity contribution < 1.29 is 4.74 Å². The molecule has 0 aromatic carbocycles. The molecular formula is C18H28N2OS. The first kappa shape index (κ1) is 16.2. The fourth-order valence-electron chi connectivity index (χ4n) is 4.22. The number of piperidine rings is 1. The van der Waals surface area contributed by atoms with Gasteiger partial charge in [0.25, 0.3) is 0 Å². The molecule has 1 aliphatic heterocycles. The number of hydrogen-bond donors (Lipinski definition) is 1. The zero-order valence-electron chi connectivity index (χ0n) is 14.1. The first-order chi connectivity index (χ1) is 10.7. The number of hydrogen-bond acceptors (Lipinski definition) is 3. The minimum Gasteiger partial charge on any atom is -0.380 e. The van der Waals surface area contributed by atoms with Crippen LogP contribution in [0.3, 0.4) is 0 Å². The van der Waals surface area contributed by atoms with E-state index in [0.717, 1.165) is 38.6 Å². The molecule has 1 N–H and O–H groups in total. The molecule has 0 saturated carbocycles. The van der Waals surface area contributed by atoms with Gasteiger partial charge < -0.3 is 14.6 Å². The highest BCUT2D eigenvalue weighted by Gasteiger charge is 2.38. The second-order valence-electron chi connectivity index (χ2n) is 6.66. The fraction of sp³-hybridized carbons (Fsp3) is 0.722. The first-order valence-corrected chi connectivity index (χ1v) is 9.11. The van der Waals surface area contributed by atoms with Gasteiger partial charge in [-0.2, -0.15) is 0 Å². The highest BCUT2D eigenvalue weighted by molar-refractivity contribution is 7.80. The normalized spacial score (nSPS) is 25.1. The molecule has 0 bridgehead atoms. The second-order valence-corrected chi connectivity index (χ2v) is 7.10. The maximum Gasteiger partial charge on any atom is 0.0593 e. The van der Waals surface area contributed by atoms with Crippen molar-refractivity contribution in [2.24, 2.45) is 11.8 Å². The van der Waals surface area contributed by atoms with E-state index < -0.39 is 0 Å². The molecule has 1 aromatic rings. The number of nitrogens with one attached hydrogen (secondary N) is 1. The Labute approximate surface area is 139 Å². The summed E-state index contributed by atoms with van der Waals surface area (Å²) in [4.78, 5) is 7.37. The van der Waals surface area contributed by atoms with E-state index in [2.05, 4.69) is 30.7 Å². The van der Waals surface area contributed by atoms with Crippen molar-refractivity contribution in [2.45, 2.75) is 40.0 Å². The lowest BCUT2D eigenvalue weighted by molar-refractivity contribution is 0.0852. The third-order valence-corrected chi connectivity index (χ3v) is 5.90. The van der Waals surface area contributed by atoms with Crippen molar-refractivity contribution >= 4 is 17.1 Å². The molecule has 3 rings (SSSR count). The van der Waals surface area contributed by atoms with Gasteiger partial charge in [-0.05, 0) is 51.1 Å². The van der Waals surface area contributed by atoms with E-state index in [1.165, 1.54) is 46.8 Å². The Morgan fingerprint density at radius 2 is 2.18 bits per heavy atom. The molecule has 0 amide bonds. The van der Waals surface area contributed by atoms with Crippen molar-refractivity contribution in [2.75, 3.05) is 32.8 Å². The van der Waals surface area contributed by atoms with E-state index in [-0.39, 0.29) is 0 Å². The molecule has 1 saturated heterocycles. The van der Waals surface area contributed by atoms with Crippen LogP contribution in [0.25, 0.3) is 0 Å². The Kier molecular flexibility index (Phi) is 5.00. The topological polar surface area (TPSA) is 28.3 Å². The lowest BCUT2D eigenvalue weighted by Gasteiger charge is -2.41. The van der Waals surface area contributed by atoms with Crippen LogP contribution >= 0.6 is 12.2 Å². The predicted octanol–water partition coefficient (Wildman–Crippen LogP) is 3.13. The summed E-state index contributed by atoms with van der Waals surface area (Å²) in [6, 6.07) is 0. The van der Waals surface area contributed by atoms with Gasteiger partial charge >= 0.3 is 0 Å². The molecule has 1 aliphatic carbocycles. The number of likely N-dealkylation sites (tertiary alicyclic amines) is 1. The van der Waals surface area contributed by atoms with Gasteiger partial charge in [-0.1, -0.05) is 19.1 Å². The SMILES string of the molecule is CCOCCN1CC[C@H]2Cc3[nH]c(C)c(CC)c3C(=S)[C@@H]2C1. The minimum absolute atomic E-state index is 0.554. The monoisotopic (exact) mass is 320 g/mol. The molecule has 0 spiro atoms. The van der Waals surface area contributed by atoms with Crippen molar-refractivity contribution in [1.29, 1.82) is 0 Å². The molecule has 0 radical (unpaired) electrons. The number of rotatable bonds is 5. The van der Waals surface area contributed by atoms with Gasteiger partial charge in [-0.3, -0.25) is 0 Å². The molecule has 2 heterocycles. The zero-order chi connectivity index (χ0) is 15.7. The van der Waals surface area contributed by atoms with Crippen LogP contribution < -0.4 is 0 Å². The number of thiocarbonyl (C=S) groups is 1. The molecule has 2 atom stereocenters. The molecule has 2 aliphatic rings. The molecule has 4 heteroatoms. The summed E-state index contributed by atoms with van der Waals surface area (Å²) >= 11 is 5.94. The third-order valence-electron chi connectivity index (χ3n) is 5.39. The van der Waals surface area contributed by atoms with Gasteiger partial charge in [0.2, 0.25) is 0 Å². The maximum atomic E-state index is 5.94. The van der Waals surface area contributed by atoms with Crippen LogP contribution in [0.5, 0.6) is 0 Å². The molecule has 3 nitrogen and oxygen atoms in total. The van der Waals surface area contributed by atoms with E-state index >= 15 is 0 Å². The Hall–Kier alpha value is -0.710. The van der Waals surface area contributed by atoms with Crippen LogP contribution in [-0.2, 0) is 17.6 Å². The molecule has 122 valence electrons. The maximum absolute atomic E-state index is 5.94. The second kappa shape index (κ2) is 6.81. The average molecular weight is 321 g/mol. The van der Waals surface area contributed by atoms with E-state index in [4.69, 9.17) is 17.0 Å².